The third-order valence-electron chi connectivity index (χ3n) is 4.33. The van der Waals surface area contributed by atoms with Crippen molar-refractivity contribution in [3.8, 4) is 5.69 Å². The molecule has 144 valence electrons. The number of nitrogens with one attached hydrogen (secondary N) is 1. The molecule has 0 aliphatic rings. The van der Waals surface area contributed by atoms with Crippen molar-refractivity contribution < 1.29 is 4.79 Å². The van der Waals surface area contributed by atoms with Gasteiger partial charge in [0, 0.05) is 32.9 Å². The molecule has 0 radical (unpaired) electrons. The number of hydrazone groups is 1. The lowest BCUT2D eigenvalue weighted by Gasteiger charge is -2.08. The largest absolute Gasteiger partial charge is 0.318 e. The van der Waals surface area contributed by atoms with Gasteiger partial charge in [-0.05, 0) is 43.7 Å². The van der Waals surface area contributed by atoms with Crippen LogP contribution in [0.1, 0.15) is 22.5 Å². The predicted molar refractivity (Wildman–Crippen MR) is 121 cm³/mol. The van der Waals surface area contributed by atoms with Crippen molar-refractivity contribution in [2.45, 2.75) is 19.6 Å². The second-order valence-corrected chi connectivity index (χ2v) is 8.21. The van der Waals surface area contributed by atoms with E-state index >= 15 is 0 Å². The van der Waals surface area contributed by atoms with Crippen molar-refractivity contribution in [3.63, 3.8) is 0 Å². The van der Waals surface area contributed by atoms with E-state index in [9.17, 15) is 4.79 Å². The number of halogens is 1. The molecule has 2 aromatic carbocycles. The first kappa shape index (κ1) is 20.4. The SMILES string of the molecule is Cc1cc(C=NNC(=O)CSCc2ccccc2Br)c(C)n1-c1ccccc1. The minimum Gasteiger partial charge on any atom is -0.318 e. The summed E-state index contributed by atoms with van der Waals surface area (Å²) in [5.74, 6) is 1.03. The van der Waals surface area contributed by atoms with Crippen LogP contribution < -0.4 is 5.43 Å². The average Bonchev–Trinajstić information content (AvgIpc) is 2.97. The van der Waals surface area contributed by atoms with Crippen LogP contribution in [0.2, 0.25) is 0 Å². The Hall–Kier alpha value is -2.31. The second kappa shape index (κ2) is 9.75. The molecular formula is C22H22BrN3OS. The molecule has 0 fully saturated rings. The summed E-state index contributed by atoms with van der Waals surface area (Å²) in [7, 11) is 0. The quantitative estimate of drug-likeness (QED) is 0.391. The molecule has 3 rings (SSSR count). The molecule has 1 heterocycles. The maximum Gasteiger partial charge on any atom is 0.250 e. The fourth-order valence-corrected chi connectivity index (χ4v) is 4.40. The van der Waals surface area contributed by atoms with Gasteiger partial charge in [-0.1, -0.05) is 52.3 Å². The van der Waals surface area contributed by atoms with Crippen molar-refractivity contribution in [1.82, 2.24) is 9.99 Å². The summed E-state index contributed by atoms with van der Waals surface area (Å²) in [6.07, 6.45) is 1.71. The smallest absolute Gasteiger partial charge is 0.250 e. The van der Waals surface area contributed by atoms with Crippen molar-refractivity contribution >= 4 is 39.8 Å². The Bertz CT molecular complexity index is 983. The lowest BCUT2D eigenvalue weighted by molar-refractivity contribution is -0.118. The molecule has 0 saturated carbocycles. The van der Waals surface area contributed by atoms with Gasteiger partial charge in [0.25, 0.3) is 0 Å². The Morgan fingerprint density at radius 2 is 1.86 bits per heavy atom. The average molecular weight is 456 g/mol. The van der Waals surface area contributed by atoms with Crippen LogP contribution in [0.4, 0.5) is 0 Å². The highest BCUT2D eigenvalue weighted by molar-refractivity contribution is 9.10. The zero-order valence-corrected chi connectivity index (χ0v) is 18.3. The summed E-state index contributed by atoms with van der Waals surface area (Å²) < 4.78 is 3.24. The van der Waals surface area contributed by atoms with Gasteiger partial charge in [-0.25, -0.2) is 5.43 Å². The van der Waals surface area contributed by atoms with E-state index in [4.69, 9.17) is 0 Å². The van der Waals surface area contributed by atoms with Gasteiger partial charge in [-0.15, -0.1) is 11.8 Å². The van der Waals surface area contributed by atoms with Crippen LogP contribution in [-0.2, 0) is 10.5 Å². The molecule has 4 nitrogen and oxygen atoms in total. The molecule has 28 heavy (non-hydrogen) atoms. The number of benzene rings is 2. The zero-order valence-electron chi connectivity index (χ0n) is 15.9. The van der Waals surface area contributed by atoms with Gasteiger partial charge in [-0.3, -0.25) is 4.79 Å². The van der Waals surface area contributed by atoms with E-state index in [2.05, 4.69) is 69.1 Å². The van der Waals surface area contributed by atoms with Crippen LogP contribution in [0.15, 0.2) is 70.2 Å². The predicted octanol–water partition coefficient (Wildman–Crippen LogP) is 5.24. The number of para-hydroxylation sites is 1. The maximum absolute atomic E-state index is 12.0. The summed E-state index contributed by atoms with van der Waals surface area (Å²) in [4.78, 5) is 12.0. The van der Waals surface area contributed by atoms with Crippen LogP contribution in [0, 0.1) is 13.8 Å². The Labute approximate surface area is 178 Å². The fourth-order valence-electron chi connectivity index (χ4n) is 2.97. The number of carbonyl (C=O) groups excluding carboxylic acids is 1. The van der Waals surface area contributed by atoms with Gasteiger partial charge < -0.3 is 4.57 Å². The lowest BCUT2D eigenvalue weighted by Crippen LogP contribution is -2.19. The van der Waals surface area contributed by atoms with Gasteiger partial charge in [0.05, 0.1) is 12.0 Å². The number of aromatic nitrogens is 1. The van der Waals surface area contributed by atoms with E-state index in [1.807, 2.05) is 36.4 Å². The molecule has 1 amide bonds. The van der Waals surface area contributed by atoms with Gasteiger partial charge in [0.2, 0.25) is 5.91 Å². The first-order chi connectivity index (χ1) is 13.6. The number of amides is 1. The zero-order chi connectivity index (χ0) is 19.9. The first-order valence-electron chi connectivity index (χ1n) is 8.93. The maximum atomic E-state index is 12.0. The van der Waals surface area contributed by atoms with E-state index in [1.165, 1.54) is 5.56 Å². The lowest BCUT2D eigenvalue weighted by atomic mass is 10.2. The summed E-state index contributed by atoms with van der Waals surface area (Å²) in [6.45, 7) is 4.12. The topological polar surface area (TPSA) is 46.4 Å². The Kier molecular flexibility index (Phi) is 7.12. The standard InChI is InChI=1S/C22H22BrN3OS/c1-16-12-19(17(2)26(16)20-9-4-3-5-10-20)13-24-25-22(27)15-28-14-18-8-6-7-11-21(18)23/h3-13H,14-15H2,1-2H3,(H,25,27). The summed E-state index contributed by atoms with van der Waals surface area (Å²) >= 11 is 5.09. The van der Waals surface area contributed by atoms with Crippen molar-refractivity contribution in [2.75, 3.05) is 5.75 Å². The highest BCUT2D eigenvalue weighted by atomic mass is 79.9. The highest BCUT2D eigenvalue weighted by Gasteiger charge is 2.09. The Morgan fingerprint density at radius 3 is 2.61 bits per heavy atom. The van der Waals surface area contributed by atoms with Crippen LogP contribution in [-0.4, -0.2) is 22.4 Å². The fraction of sp³-hybridized carbons (Fsp3) is 0.182. The van der Waals surface area contributed by atoms with Crippen LogP contribution in [0.25, 0.3) is 5.69 Å². The molecule has 0 saturated heterocycles. The second-order valence-electron chi connectivity index (χ2n) is 6.37. The molecule has 1 aromatic heterocycles. The van der Waals surface area contributed by atoms with Gasteiger partial charge in [-0.2, -0.15) is 5.10 Å². The number of carbonyl (C=O) groups is 1. The molecule has 0 bridgehead atoms. The monoisotopic (exact) mass is 455 g/mol. The highest BCUT2D eigenvalue weighted by Crippen LogP contribution is 2.21. The summed E-state index contributed by atoms with van der Waals surface area (Å²) in [5.41, 5.74) is 8.11. The number of hydrogen-bond acceptors (Lipinski definition) is 3. The molecule has 3 aromatic rings. The van der Waals surface area contributed by atoms with E-state index in [-0.39, 0.29) is 5.91 Å². The summed E-state index contributed by atoms with van der Waals surface area (Å²) in [6, 6.07) is 20.3. The molecule has 0 unspecified atom stereocenters. The van der Waals surface area contributed by atoms with Gasteiger partial charge in [0.1, 0.15) is 0 Å². The molecule has 0 atom stereocenters. The molecule has 1 N–H and O–H groups in total. The minimum absolute atomic E-state index is 0.106. The van der Waals surface area contributed by atoms with E-state index in [1.54, 1.807) is 18.0 Å². The van der Waals surface area contributed by atoms with E-state index in [0.29, 0.717) is 5.75 Å². The first-order valence-corrected chi connectivity index (χ1v) is 10.9. The van der Waals surface area contributed by atoms with E-state index < -0.39 is 0 Å². The van der Waals surface area contributed by atoms with Crippen molar-refractivity contribution in [3.05, 3.63) is 87.7 Å². The molecule has 0 aliphatic carbocycles. The number of aryl methyl sites for hydroxylation is 1. The van der Waals surface area contributed by atoms with E-state index in [0.717, 1.165) is 32.9 Å². The summed E-state index contributed by atoms with van der Waals surface area (Å²) in [5, 5.41) is 4.13. The number of hydrogen-bond donors (Lipinski definition) is 1. The van der Waals surface area contributed by atoms with Crippen molar-refractivity contribution in [1.29, 1.82) is 0 Å². The minimum atomic E-state index is -0.106. The van der Waals surface area contributed by atoms with Crippen LogP contribution in [0.3, 0.4) is 0 Å². The van der Waals surface area contributed by atoms with Crippen molar-refractivity contribution in [2.24, 2.45) is 5.10 Å². The van der Waals surface area contributed by atoms with Gasteiger partial charge >= 0.3 is 0 Å². The Morgan fingerprint density at radius 1 is 1.14 bits per heavy atom. The Balaban J connectivity index is 1.55. The normalized spacial score (nSPS) is 11.1. The third kappa shape index (κ3) is 5.14. The molecule has 6 heteroatoms. The molecular weight excluding hydrogens is 434 g/mol. The van der Waals surface area contributed by atoms with Crippen LogP contribution in [0.5, 0.6) is 0 Å². The third-order valence-corrected chi connectivity index (χ3v) is 6.08. The molecule has 0 aliphatic heterocycles. The molecule has 0 spiro atoms. The number of thioether (sulfide) groups is 1. The number of rotatable bonds is 7. The number of nitrogens with zero attached hydrogens (tertiary/aromatic N) is 2. The van der Waals surface area contributed by atoms with Gasteiger partial charge in [0.15, 0.2) is 0 Å². The van der Waals surface area contributed by atoms with Crippen LogP contribution >= 0.6 is 27.7 Å².